The fourth-order valence-corrected chi connectivity index (χ4v) is 2.96. The SMILES string of the molecule is CCC(C(=O)Nc1ccc(OC)cc1)N1CCC(CO)CC1. The third-order valence-electron chi connectivity index (χ3n) is 4.39. The molecule has 1 unspecified atom stereocenters. The van der Waals surface area contributed by atoms with Crippen molar-refractivity contribution < 1.29 is 14.6 Å². The Morgan fingerprint density at radius 3 is 2.50 bits per heavy atom. The van der Waals surface area contributed by atoms with Gasteiger partial charge < -0.3 is 15.2 Å². The normalized spacial score (nSPS) is 18.0. The van der Waals surface area contributed by atoms with Gasteiger partial charge in [-0.25, -0.2) is 0 Å². The molecule has 1 heterocycles. The van der Waals surface area contributed by atoms with Gasteiger partial charge in [-0.05, 0) is 62.5 Å². The van der Waals surface area contributed by atoms with Gasteiger partial charge in [0.1, 0.15) is 5.75 Å². The Labute approximate surface area is 132 Å². The molecule has 0 radical (unpaired) electrons. The zero-order valence-corrected chi connectivity index (χ0v) is 13.4. The highest BCUT2D eigenvalue weighted by atomic mass is 16.5. The van der Waals surface area contributed by atoms with E-state index < -0.39 is 0 Å². The first-order chi connectivity index (χ1) is 10.7. The summed E-state index contributed by atoms with van der Waals surface area (Å²) in [5, 5.41) is 12.2. The summed E-state index contributed by atoms with van der Waals surface area (Å²) < 4.78 is 5.12. The Hall–Kier alpha value is -1.59. The lowest BCUT2D eigenvalue weighted by molar-refractivity contribution is -0.122. The van der Waals surface area contributed by atoms with Crippen molar-refractivity contribution >= 4 is 11.6 Å². The smallest absolute Gasteiger partial charge is 0.241 e. The number of aliphatic hydroxyl groups is 1. The summed E-state index contributed by atoms with van der Waals surface area (Å²) in [6.45, 7) is 4.04. The second-order valence-electron chi connectivity index (χ2n) is 5.80. The maximum atomic E-state index is 12.5. The number of amides is 1. The van der Waals surface area contributed by atoms with Crippen molar-refractivity contribution in [2.24, 2.45) is 5.92 Å². The summed E-state index contributed by atoms with van der Waals surface area (Å²) in [5.74, 6) is 1.20. The molecular weight excluding hydrogens is 280 g/mol. The number of methoxy groups -OCH3 is 1. The van der Waals surface area contributed by atoms with E-state index in [4.69, 9.17) is 4.74 Å². The number of ether oxygens (including phenoxy) is 1. The van der Waals surface area contributed by atoms with Crippen LogP contribution >= 0.6 is 0 Å². The molecule has 2 rings (SSSR count). The number of hydrogen-bond acceptors (Lipinski definition) is 4. The van der Waals surface area contributed by atoms with E-state index in [1.165, 1.54) is 0 Å². The van der Waals surface area contributed by atoms with Gasteiger partial charge in [0.15, 0.2) is 0 Å². The second kappa shape index (κ2) is 8.15. The topological polar surface area (TPSA) is 61.8 Å². The van der Waals surface area contributed by atoms with Crippen molar-refractivity contribution in [1.82, 2.24) is 4.90 Å². The fourth-order valence-electron chi connectivity index (χ4n) is 2.96. The summed E-state index contributed by atoms with van der Waals surface area (Å²) in [7, 11) is 1.62. The van der Waals surface area contributed by atoms with Crippen LogP contribution in [0.15, 0.2) is 24.3 Å². The highest BCUT2D eigenvalue weighted by Gasteiger charge is 2.28. The number of carbonyl (C=O) groups excluding carboxylic acids is 1. The van der Waals surface area contributed by atoms with Crippen molar-refractivity contribution in [2.45, 2.75) is 32.2 Å². The van der Waals surface area contributed by atoms with Gasteiger partial charge in [0.05, 0.1) is 13.2 Å². The molecule has 1 atom stereocenters. The molecule has 5 heteroatoms. The molecule has 22 heavy (non-hydrogen) atoms. The minimum Gasteiger partial charge on any atom is -0.497 e. The van der Waals surface area contributed by atoms with E-state index in [0.717, 1.165) is 43.8 Å². The molecule has 1 saturated heterocycles. The van der Waals surface area contributed by atoms with Crippen LogP contribution in [0.5, 0.6) is 5.75 Å². The maximum absolute atomic E-state index is 12.5. The molecule has 122 valence electrons. The molecule has 1 aliphatic rings. The van der Waals surface area contributed by atoms with E-state index in [0.29, 0.717) is 5.92 Å². The molecular formula is C17H26N2O3. The van der Waals surface area contributed by atoms with Gasteiger partial charge in [0.25, 0.3) is 0 Å². The standard InChI is InChI=1S/C17H26N2O3/c1-3-16(19-10-8-13(12-20)9-11-19)17(21)18-14-4-6-15(22-2)7-5-14/h4-7,13,16,20H,3,8-12H2,1-2H3,(H,18,21). The van der Waals surface area contributed by atoms with Gasteiger partial charge >= 0.3 is 0 Å². The van der Waals surface area contributed by atoms with Crippen LogP contribution in [0.4, 0.5) is 5.69 Å². The lowest BCUT2D eigenvalue weighted by Crippen LogP contribution is -2.47. The zero-order chi connectivity index (χ0) is 15.9. The highest BCUT2D eigenvalue weighted by molar-refractivity contribution is 5.94. The van der Waals surface area contributed by atoms with Crippen molar-refractivity contribution in [3.63, 3.8) is 0 Å². The molecule has 1 aliphatic heterocycles. The van der Waals surface area contributed by atoms with E-state index in [1.807, 2.05) is 31.2 Å². The zero-order valence-electron chi connectivity index (χ0n) is 13.4. The Morgan fingerprint density at radius 1 is 1.36 bits per heavy atom. The third-order valence-corrected chi connectivity index (χ3v) is 4.39. The van der Waals surface area contributed by atoms with Crippen LogP contribution in [0.1, 0.15) is 26.2 Å². The van der Waals surface area contributed by atoms with E-state index >= 15 is 0 Å². The van der Waals surface area contributed by atoms with Crippen LogP contribution in [-0.4, -0.2) is 48.8 Å². The molecule has 0 spiro atoms. The number of anilines is 1. The minimum atomic E-state index is -0.109. The van der Waals surface area contributed by atoms with E-state index in [2.05, 4.69) is 10.2 Å². The van der Waals surface area contributed by atoms with Gasteiger partial charge in [-0.15, -0.1) is 0 Å². The van der Waals surface area contributed by atoms with Gasteiger partial charge in [-0.2, -0.15) is 0 Å². The fraction of sp³-hybridized carbons (Fsp3) is 0.588. The summed E-state index contributed by atoms with van der Waals surface area (Å²) >= 11 is 0. The predicted octanol–water partition coefficient (Wildman–Crippen LogP) is 2.12. The molecule has 1 amide bonds. The van der Waals surface area contributed by atoms with Crippen LogP contribution in [-0.2, 0) is 4.79 Å². The number of piperidine rings is 1. The number of benzene rings is 1. The van der Waals surface area contributed by atoms with E-state index in [-0.39, 0.29) is 18.6 Å². The Kier molecular flexibility index (Phi) is 6.21. The quantitative estimate of drug-likeness (QED) is 0.845. The van der Waals surface area contributed by atoms with E-state index in [9.17, 15) is 9.90 Å². The first kappa shape index (κ1) is 16.8. The van der Waals surface area contributed by atoms with Crippen LogP contribution < -0.4 is 10.1 Å². The summed E-state index contributed by atoms with van der Waals surface area (Å²) in [6.07, 6.45) is 2.71. The number of nitrogens with one attached hydrogen (secondary N) is 1. The molecule has 0 aliphatic carbocycles. The molecule has 0 bridgehead atoms. The number of rotatable bonds is 6. The highest BCUT2D eigenvalue weighted by Crippen LogP contribution is 2.21. The summed E-state index contributed by atoms with van der Waals surface area (Å²) in [6, 6.07) is 7.26. The second-order valence-corrected chi connectivity index (χ2v) is 5.80. The van der Waals surface area contributed by atoms with Gasteiger partial charge in [-0.1, -0.05) is 6.92 Å². The first-order valence-corrected chi connectivity index (χ1v) is 7.97. The predicted molar refractivity (Wildman–Crippen MR) is 87.1 cm³/mol. The Balaban J connectivity index is 1.93. The maximum Gasteiger partial charge on any atom is 0.241 e. The summed E-state index contributed by atoms with van der Waals surface area (Å²) in [4.78, 5) is 14.7. The minimum absolute atomic E-state index is 0.0371. The molecule has 1 aromatic rings. The van der Waals surface area contributed by atoms with Gasteiger partial charge in [0, 0.05) is 12.3 Å². The van der Waals surface area contributed by atoms with Crippen molar-refractivity contribution in [3.8, 4) is 5.75 Å². The van der Waals surface area contributed by atoms with Crippen molar-refractivity contribution in [1.29, 1.82) is 0 Å². The number of nitrogens with zero attached hydrogens (tertiary/aromatic N) is 1. The molecule has 0 saturated carbocycles. The van der Waals surface area contributed by atoms with E-state index in [1.54, 1.807) is 7.11 Å². The molecule has 5 nitrogen and oxygen atoms in total. The number of hydrogen-bond donors (Lipinski definition) is 2. The van der Waals surface area contributed by atoms with Crippen molar-refractivity contribution in [2.75, 3.05) is 32.1 Å². The summed E-state index contributed by atoms with van der Waals surface area (Å²) in [5.41, 5.74) is 0.787. The average molecular weight is 306 g/mol. The monoisotopic (exact) mass is 306 g/mol. The molecule has 1 fully saturated rings. The molecule has 0 aromatic heterocycles. The number of likely N-dealkylation sites (tertiary alicyclic amines) is 1. The number of aliphatic hydroxyl groups excluding tert-OH is 1. The molecule has 2 N–H and O–H groups in total. The van der Waals surface area contributed by atoms with Crippen LogP contribution in [0, 0.1) is 5.92 Å². The molecule has 1 aromatic carbocycles. The lowest BCUT2D eigenvalue weighted by Gasteiger charge is -2.35. The van der Waals surface area contributed by atoms with Gasteiger partial charge in [0.2, 0.25) is 5.91 Å². The van der Waals surface area contributed by atoms with Crippen LogP contribution in [0.25, 0.3) is 0 Å². The first-order valence-electron chi connectivity index (χ1n) is 7.97. The Morgan fingerprint density at radius 2 is 2.00 bits per heavy atom. The third kappa shape index (κ3) is 4.21. The van der Waals surface area contributed by atoms with Gasteiger partial charge in [-0.3, -0.25) is 9.69 Å². The van der Waals surface area contributed by atoms with Crippen LogP contribution in [0.3, 0.4) is 0 Å². The Bertz CT molecular complexity index is 467. The van der Waals surface area contributed by atoms with Crippen LogP contribution in [0.2, 0.25) is 0 Å². The number of carbonyl (C=O) groups is 1. The largest absolute Gasteiger partial charge is 0.497 e. The average Bonchev–Trinajstić information content (AvgIpc) is 2.57. The van der Waals surface area contributed by atoms with Crippen molar-refractivity contribution in [3.05, 3.63) is 24.3 Å². The lowest BCUT2D eigenvalue weighted by atomic mass is 9.96.